The van der Waals surface area contributed by atoms with Crippen LogP contribution in [0.25, 0.3) is 90.9 Å². The Morgan fingerprint density at radius 1 is 0.217 bits per heavy atom. The minimum atomic E-state index is -2.72. The molecule has 4 aromatic carbocycles. The summed E-state index contributed by atoms with van der Waals surface area (Å²) in [6.07, 6.45) is 2.36. The first-order valence-corrected chi connectivity index (χ1v) is 18.3. The molecule has 0 saturated carbocycles. The zero-order valence-electron chi connectivity index (χ0n) is 32.4. The fourth-order valence-electron chi connectivity index (χ4n) is 7.56. The third kappa shape index (κ3) is 7.02. The van der Waals surface area contributed by atoms with Gasteiger partial charge >= 0.3 is 20.4 Å². The van der Waals surface area contributed by atoms with E-state index >= 15 is 35.1 Å². The van der Waals surface area contributed by atoms with E-state index in [2.05, 4.69) is 19.9 Å². The second kappa shape index (κ2) is 17.1. The van der Waals surface area contributed by atoms with E-state index in [0.717, 1.165) is 0 Å². The number of hydrogen-bond acceptors (Lipinski definition) is 2. The normalized spacial score (nSPS) is 12.1. The molecule has 354 valence electrons. The minimum absolute atomic E-state index is 0. The molecule has 0 aliphatic carbocycles. The van der Waals surface area contributed by atoms with Crippen LogP contribution >= 0.6 is 0 Å². The number of rotatable bonds is 4. The summed E-state index contributed by atoms with van der Waals surface area (Å²) in [6, 6.07) is 2.55. The molecule has 2 aliphatic rings. The van der Waals surface area contributed by atoms with Crippen LogP contribution in [0.1, 0.15) is 22.8 Å². The van der Waals surface area contributed by atoms with Crippen LogP contribution in [0.4, 0.5) is 87.8 Å². The Morgan fingerprint density at radius 2 is 0.391 bits per heavy atom. The van der Waals surface area contributed by atoms with Crippen molar-refractivity contribution in [3.63, 3.8) is 0 Å². The molecule has 25 heteroatoms. The topological polar surface area (TPSA) is 57.4 Å². The summed E-state index contributed by atoms with van der Waals surface area (Å²) < 4.78 is 303. The van der Waals surface area contributed by atoms with E-state index < -0.39 is 206 Å². The molecule has 0 fully saturated rings. The summed E-state index contributed by atoms with van der Waals surface area (Å²) in [5, 5.41) is 0. The number of benzene rings is 4. The smallest absolute Gasteiger partial charge is 0.354 e. The molecule has 4 nitrogen and oxygen atoms in total. The maximum absolute atomic E-state index is 15.8. The zero-order valence-corrected chi connectivity index (χ0v) is 33.9. The van der Waals surface area contributed by atoms with Crippen molar-refractivity contribution in [3.05, 3.63) is 163 Å². The molecule has 0 atom stereocenters. The predicted molar refractivity (Wildman–Crippen MR) is 200 cm³/mol. The number of nitrogens with one attached hydrogen (secondary N) is 2. The Hall–Kier alpha value is -7.26. The molecule has 0 spiro atoms. The van der Waals surface area contributed by atoms with E-state index in [-0.39, 0.29) is 20.4 Å². The van der Waals surface area contributed by atoms with Gasteiger partial charge in [0, 0.05) is 44.3 Å². The van der Waals surface area contributed by atoms with Gasteiger partial charge in [0.2, 0.25) is 23.3 Å². The molecule has 0 unspecified atom stereocenters. The Morgan fingerprint density at radius 3 is 0.638 bits per heavy atom. The molecule has 2 aliphatic heterocycles. The van der Waals surface area contributed by atoms with Gasteiger partial charge in [0.1, 0.15) is 0 Å². The van der Waals surface area contributed by atoms with Gasteiger partial charge in [0.05, 0.1) is 45.0 Å². The van der Waals surface area contributed by atoms with Crippen molar-refractivity contribution in [1.82, 2.24) is 19.9 Å². The maximum atomic E-state index is 15.8. The molecule has 8 bridgehead atoms. The molecule has 0 radical (unpaired) electrons. The first-order chi connectivity index (χ1) is 32.1. The largest absolute Gasteiger partial charge is 2.00 e. The first-order valence-electron chi connectivity index (χ1n) is 18.3. The van der Waals surface area contributed by atoms with Crippen molar-refractivity contribution >= 4 is 46.4 Å². The summed E-state index contributed by atoms with van der Waals surface area (Å²) in [5.74, 6) is -52.6. The van der Waals surface area contributed by atoms with Crippen LogP contribution in [0.3, 0.4) is 0 Å². The predicted octanol–water partition coefficient (Wildman–Crippen LogP) is 14.1. The van der Waals surface area contributed by atoms with Gasteiger partial charge in [-0.05, 0) is 48.6 Å². The monoisotopic (exact) mass is 1080 g/mol. The van der Waals surface area contributed by atoms with Crippen LogP contribution in [-0.4, -0.2) is 19.9 Å². The van der Waals surface area contributed by atoms with Gasteiger partial charge in [-0.25, -0.2) is 97.8 Å². The van der Waals surface area contributed by atoms with Gasteiger partial charge in [-0.15, -0.1) is 0 Å². The summed E-state index contributed by atoms with van der Waals surface area (Å²) in [5.41, 5.74) is -20.5. The van der Waals surface area contributed by atoms with Crippen molar-refractivity contribution in [2.75, 3.05) is 0 Å². The second-order valence-corrected chi connectivity index (χ2v) is 14.3. The van der Waals surface area contributed by atoms with E-state index in [1.54, 1.807) is 0 Å². The van der Waals surface area contributed by atoms with Crippen molar-refractivity contribution in [1.29, 1.82) is 0 Å². The van der Waals surface area contributed by atoms with Gasteiger partial charge in [0.15, 0.2) is 93.1 Å². The van der Waals surface area contributed by atoms with Crippen molar-refractivity contribution in [3.8, 4) is 44.5 Å². The summed E-state index contributed by atoms with van der Waals surface area (Å²) >= 11 is 0. The van der Waals surface area contributed by atoms with Crippen LogP contribution in [-0.2, 0) is 20.4 Å². The van der Waals surface area contributed by atoms with E-state index in [1.807, 2.05) is 0 Å². The Bertz CT molecular complexity index is 3420. The number of aromatic amines is 2. The number of hydrogen-bond donors (Lipinski definition) is 2. The second-order valence-electron chi connectivity index (χ2n) is 14.3. The van der Waals surface area contributed by atoms with Crippen LogP contribution in [0.2, 0.25) is 0 Å². The zero-order chi connectivity index (χ0) is 49.3. The van der Waals surface area contributed by atoms with Crippen molar-refractivity contribution in [2.45, 2.75) is 0 Å². The van der Waals surface area contributed by atoms with Crippen LogP contribution < -0.4 is 0 Å². The van der Waals surface area contributed by atoms with E-state index in [0.29, 0.717) is 48.6 Å². The number of aromatic nitrogens is 4. The molecule has 7 aromatic rings. The third-order valence-corrected chi connectivity index (χ3v) is 10.6. The van der Waals surface area contributed by atoms with Gasteiger partial charge in [0.25, 0.3) is 0 Å². The fourth-order valence-corrected chi connectivity index (χ4v) is 7.56. The van der Waals surface area contributed by atoms with E-state index in [1.165, 1.54) is 0 Å². The quantitative estimate of drug-likeness (QED) is 0.0799. The number of halogens is 20. The van der Waals surface area contributed by atoms with Gasteiger partial charge in [-0.1, -0.05) is 0 Å². The molecular weight excluding hydrogens is 1070 g/mol. The SMILES string of the molecule is Fc1c(F)c(F)c(-c2c3nc(c(-c4c(F)c(F)c(F)c(F)c4F)c4ccc([nH]4)c(-c4c(F)c(F)c(F)c(F)c4F)c4ccc([nH]4)c(-c4c(F)c(F)c(F)c(F)c4F)c4nc2C=C4)C=C3)c(F)c1F.[Pd+2]. The van der Waals surface area contributed by atoms with Gasteiger partial charge in [-0.2, -0.15) is 0 Å². The molecule has 0 amide bonds. The standard InChI is InChI=1S/C44H10F20N4.Pd/c45-25-21(26(46)34(54)41(61)33(25)53)17-9-1-2-10(65-9)18(22-27(47)35(55)42(62)36(56)28(22)48)12-5-6-14(67-12)20(24-31(51)39(59)44(64)40(60)32(24)52)16-8-7-15(68-16)19(13-4-3-11(17)66-13)23-29(49)37(57)43(63)38(58)30(23)50;/h1-8,65-66H;/q;+2. The van der Waals surface area contributed by atoms with Crippen LogP contribution in [0.5, 0.6) is 0 Å². The summed E-state index contributed by atoms with van der Waals surface area (Å²) in [7, 11) is 0. The fraction of sp³-hybridized carbons (Fsp3) is 0. The van der Waals surface area contributed by atoms with Crippen LogP contribution in [0.15, 0.2) is 24.3 Å². The molecule has 5 heterocycles. The number of H-pyrrole nitrogens is 2. The summed E-state index contributed by atoms with van der Waals surface area (Å²) in [4.78, 5) is 12.3. The third-order valence-electron chi connectivity index (χ3n) is 10.6. The average molecular weight is 1080 g/mol. The number of nitrogens with zero attached hydrogens (tertiary/aromatic N) is 2. The molecule has 0 saturated heterocycles. The molecule has 3 aromatic heterocycles. The molecule has 2 N–H and O–H groups in total. The molecule has 9 rings (SSSR count). The Labute approximate surface area is 381 Å². The Kier molecular flexibility index (Phi) is 11.9. The molecular formula is C44H10F20N4Pd+2. The Balaban J connectivity index is 0.00000642. The maximum Gasteiger partial charge on any atom is 2.00 e. The van der Waals surface area contributed by atoms with E-state index in [9.17, 15) is 52.7 Å². The minimum Gasteiger partial charge on any atom is -0.354 e. The summed E-state index contributed by atoms with van der Waals surface area (Å²) in [6.45, 7) is 0. The van der Waals surface area contributed by atoms with Crippen molar-refractivity contribution < 1.29 is 108 Å². The van der Waals surface area contributed by atoms with Crippen molar-refractivity contribution in [2.24, 2.45) is 0 Å². The average Bonchev–Trinajstić information content (AvgIpc) is 4.18. The van der Waals surface area contributed by atoms with Gasteiger partial charge in [-0.3, -0.25) is 0 Å². The molecule has 69 heavy (non-hydrogen) atoms. The van der Waals surface area contributed by atoms with Gasteiger partial charge < -0.3 is 9.97 Å². The number of fused-ring (bicyclic) bond motifs is 8. The van der Waals surface area contributed by atoms with E-state index in [4.69, 9.17) is 0 Å². The van der Waals surface area contributed by atoms with Crippen LogP contribution in [0, 0.1) is 116 Å². The first kappa shape index (κ1) is 48.2.